The average molecular weight is 295 g/mol. The molecule has 0 aliphatic carbocycles. The third-order valence-electron chi connectivity index (χ3n) is 2.90. The summed E-state index contributed by atoms with van der Waals surface area (Å²) in [6, 6.07) is 8.67. The normalized spacial score (nSPS) is 13.8. The van der Waals surface area contributed by atoms with E-state index in [0.717, 1.165) is 5.56 Å². The topological polar surface area (TPSA) is 66.4 Å². The number of benzene rings is 1. The number of thiol groups is 1. The van der Waals surface area contributed by atoms with Crippen molar-refractivity contribution in [1.82, 2.24) is 5.32 Å². The van der Waals surface area contributed by atoms with Crippen molar-refractivity contribution in [1.29, 1.82) is 0 Å². The SMILES string of the molecule is CC(C)CC(NC(=O)[C@@H](S)Cc1ccccc1)C(=O)O. The molecule has 20 heavy (non-hydrogen) atoms. The van der Waals surface area contributed by atoms with Gasteiger partial charge in [0.2, 0.25) is 5.91 Å². The van der Waals surface area contributed by atoms with Gasteiger partial charge in [-0.2, -0.15) is 12.6 Å². The van der Waals surface area contributed by atoms with E-state index in [0.29, 0.717) is 12.8 Å². The molecule has 110 valence electrons. The van der Waals surface area contributed by atoms with Gasteiger partial charge in [-0.3, -0.25) is 4.79 Å². The van der Waals surface area contributed by atoms with Crippen molar-refractivity contribution in [3.63, 3.8) is 0 Å². The first-order chi connectivity index (χ1) is 9.40. The molecule has 0 fully saturated rings. The monoisotopic (exact) mass is 295 g/mol. The number of carboxylic acid groups (broad SMARTS) is 1. The second kappa shape index (κ2) is 7.94. The van der Waals surface area contributed by atoms with Crippen LogP contribution in [0.4, 0.5) is 0 Å². The van der Waals surface area contributed by atoms with Crippen LogP contribution in [0.15, 0.2) is 30.3 Å². The van der Waals surface area contributed by atoms with Gasteiger partial charge in [0, 0.05) is 0 Å². The molecule has 0 aromatic heterocycles. The van der Waals surface area contributed by atoms with E-state index in [9.17, 15) is 9.59 Å². The van der Waals surface area contributed by atoms with Crippen LogP contribution in [-0.2, 0) is 16.0 Å². The molecule has 0 bridgehead atoms. The molecule has 0 radical (unpaired) electrons. The Morgan fingerprint density at radius 2 is 1.85 bits per heavy atom. The van der Waals surface area contributed by atoms with Crippen LogP contribution < -0.4 is 5.32 Å². The average Bonchev–Trinajstić information content (AvgIpc) is 2.38. The van der Waals surface area contributed by atoms with Crippen molar-refractivity contribution < 1.29 is 14.7 Å². The maximum atomic E-state index is 12.0. The first kappa shape index (κ1) is 16.6. The molecule has 0 aliphatic heterocycles. The number of rotatable bonds is 7. The summed E-state index contributed by atoms with van der Waals surface area (Å²) >= 11 is 4.27. The lowest BCUT2D eigenvalue weighted by molar-refractivity contribution is -0.142. The summed E-state index contributed by atoms with van der Waals surface area (Å²) in [5.74, 6) is -1.15. The van der Waals surface area contributed by atoms with E-state index in [-0.39, 0.29) is 11.8 Å². The molecule has 5 heteroatoms. The second-order valence-corrected chi connectivity index (χ2v) is 5.86. The number of carbonyl (C=O) groups excluding carboxylic acids is 1. The van der Waals surface area contributed by atoms with Crippen LogP contribution in [0.5, 0.6) is 0 Å². The van der Waals surface area contributed by atoms with Gasteiger partial charge in [0.15, 0.2) is 0 Å². The Hall–Kier alpha value is -1.49. The third-order valence-corrected chi connectivity index (χ3v) is 3.31. The summed E-state index contributed by atoms with van der Waals surface area (Å²) < 4.78 is 0. The second-order valence-electron chi connectivity index (χ2n) is 5.23. The Labute approximate surface area is 125 Å². The summed E-state index contributed by atoms with van der Waals surface area (Å²) in [6.45, 7) is 3.84. The molecular formula is C15H21NO3S. The minimum atomic E-state index is -1.01. The zero-order valence-corrected chi connectivity index (χ0v) is 12.6. The highest BCUT2D eigenvalue weighted by Gasteiger charge is 2.24. The fraction of sp³-hybridized carbons (Fsp3) is 0.467. The van der Waals surface area contributed by atoms with Gasteiger partial charge < -0.3 is 10.4 Å². The Morgan fingerprint density at radius 1 is 1.25 bits per heavy atom. The predicted octanol–water partition coefficient (Wildman–Crippen LogP) is 2.14. The van der Waals surface area contributed by atoms with Crippen molar-refractivity contribution in [2.45, 2.75) is 38.0 Å². The van der Waals surface area contributed by atoms with Crippen LogP contribution in [0, 0.1) is 5.92 Å². The quantitative estimate of drug-likeness (QED) is 0.675. The van der Waals surface area contributed by atoms with Gasteiger partial charge in [0.1, 0.15) is 6.04 Å². The number of amides is 1. The van der Waals surface area contributed by atoms with Gasteiger partial charge in [-0.25, -0.2) is 4.79 Å². The molecule has 1 aromatic carbocycles. The maximum absolute atomic E-state index is 12.0. The number of carbonyl (C=O) groups is 2. The zero-order chi connectivity index (χ0) is 15.1. The van der Waals surface area contributed by atoms with Crippen molar-refractivity contribution in [2.75, 3.05) is 0 Å². The molecule has 2 N–H and O–H groups in total. The van der Waals surface area contributed by atoms with Crippen LogP contribution >= 0.6 is 12.6 Å². The summed E-state index contributed by atoms with van der Waals surface area (Å²) in [5, 5.41) is 11.1. The summed E-state index contributed by atoms with van der Waals surface area (Å²) in [4.78, 5) is 23.1. The van der Waals surface area contributed by atoms with E-state index in [1.807, 2.05) is 44.2 Å². The largest absolute Gasteiger partial charge is 0.480 e. The van der Waals surface area contributed by atoms with E-state index in [1.165, 1.54) is 0 Å². The number of aliphatic carboxylic acids is 1. The molecule has 1 amide bonds. The lowest BCUT2D eigenvalue weighted by Crippen LogP contribution is -2.45. The molecule has 0 spiro atoms. The Bertz CT molecular complexity index is 448. The van der Waals surface area contributed by atoms with Crippen molar-refractivity contribution >= 4 is 24.5 Å². The standard InChI is InChI=1S/C15H21NO3S/c1-10(2)8-12(15(18)19)16-14(17)13(20)9-11-6-4-3-5-7-11/h3-7,10,12-13,20H,8-9H2,1-2H3,(H,16,17)(H,18,19)/t12?,13-/m0/s1. The highest BCUT2D eigenvalue weighted by molar-refractivity contribution is 7.81. The van der Waals surface area contributed by atoms with Crippen LogP contribution in [-0.4, -0.2) is 28.3 Å². The van der Waals surface area contributed by atoms with Crippen LogP contribution in [0.2, 0.25) is 0 Å². The molecule has 0 saturated carbocycles. The minimum absolute atomic E-state index is 0.198. The van der Waals surface area contributed by atoms with E-state index >= 15 is 0 Å². The van der Waals surface area contributed by atoms with Crippen LogP contribution in [0.25, 0.3) is 0 Å². The van der Waals surface area contributed by atoms with E-state index in [1.54, 1.807) is 0 Å². The molecule has 0 aliphatic rings. The molecular weight excluding hydrogens is 274 g/mol. The summed E-state index contributed by atoms with van der Waals surface area (Å²) in [6.07, 6.45) is 0.886. The fourth-order valence-electron chi connectivity index (χ4n) is 1.89. The number of carboxylic acids is 1. The molecule has 1 rings (SSSR count). The summed E-state index contributed by atoms with van der Waals surface area (Å²) in [5.41, 5.74) is 0.999. The molecule has 2 atom stereocenters. The molecule has 0 heterocycles. The third kappa shape index (κ3) is 5.65. The number of hydrogen-bond acceptors (Lipinski definition) is 3. The van der Waals surface area contributed by atoms with Gasteiger partial charge in [0.05, 0.1) is 5.25 Å². The highest BCUT2D eigenvalue weighted by Crippen LogP contribution is 2.10. The van der Waals surface area contributed by atoms with Gasteiger partial charge in [-0.1, -0.05) is 44.2 Å². The first-order valence-electron chi connectivity index (χ1n) is 6.65. The molecule has 1 aromatic rings. The van der Waals surface area contributed by atoms with Crippen molar-refractivity contribution in [2.24, 2.45) is 5.92 Å². The zero-order valence-electron chi connectivity index (χ0n) is 11.7. The molecule has 0 saturated heterocycles. The van der Waals surface area contributed by atoms with E-state index in [2.05, 4.69) is 17.9 Å². The first-order valence-corrected chi connectivity index (χ1v) is 7.17. The van der Waals surface area contributed by atoms with E-state index < -0.39 is 17.3 Å². The predicted molar refractivity (Wildman–Crippen MR) is 81.9 cm³/mol. The lowest BCUT2D eigenvalue weighted by Gasteiger charge is -2.19. The van der Waals surface area contributed by atoms with E-state index in [4.69, 9.17) is 5.11 Å². The molecule has 1 unspecified atom stereocenters. The Balaban J connectivity index is 2.57. The Kier molecular flexibility index (Phi) is 6.58. The van der Waals surface area contributed by atoms with Gasteiger partial charge in [-0.15, -0.1) is 0 Å². The van der Waals surface area contributed by atoms with Gasteiger partial charge >= 0.3 is 5.97 Å². The molecule has 4 nitrogen and oxygen atoms in total. The van der Waals surface area contributed by atoms with Gasteiger partial charge in [0.25, 0.3) is 0 Å². The van der Waals surface area contributed by atoms with Crippen LogP contribution in [0.3, 0.4) is 0 Å². The lowest BCUT2D eigenvalue weighted by atomic mass is 10.0. The number of hydrogen-bond donors (Lipinski definition) is 3. The van der Waals surface area contributed by atoms with Crippen molar-refractivity contribution in [3.05, 3.63) is 35.9 Å². The Morgan fingerprint density at radius 3 is 2.35 bits per heavy atom. The highest BCUT2D eigenvalue weighted by atomic mass is 32.1. The number of nitrogens with one attached hydrogen (secondary N) is 1. The smallest absolute Gasteiger partial charge is 0.326 e. The maximum Gasteiger partial charge on any atom is 0.326 e. The summed E-state index contributed by atoms with van der Waals surface area (Å²) in [7, 11) is 0. The fourth-order valence-corrected chi connectivity index (χ4v) is 2.18. The van der Waals surface area contributed by atoms with Crippen LogP contribution in [0.1, 0.15) is 25.8 Å². The minimum Gasteiger partial charge on any atom is -0.480 e. The van der Waals surface area contributed by atoms with Crippen molar-refractivity contribution in [3.8, 4) is 0 Å². The van der Waals surface area contributed by atoms with Gasteiger partial charge in [-0.05, 0) is 24.3 Å².